The number of amides is 2. The lowest BCUT2D eigenvalue weighted by Crippen LogP contribution is -2.39. The minimum absolute atomic E-state index is 0.0916. The van der Waals surface area contributed by atoms with Gasteiger partial charge in [0.05, 0.1) is 13.2 Å². The molecule has 1 aliphatic carbocycles. The average molecular weight is 303 g/mol. The first-order valence-electron chi connectivity index (χ1n) is 8.31. The van der Waals surface area contributed by atoms with Gasteiger partial charge >= 0.3 is 6.03 Å². The van der Waals surface area contributed by atoms with Crippen molar-refractivity contribution in [3.8, 4) is 0 Å². The first kappa shape index (κ1) is 15.2. The fraction of sp³-hybridized carbons (Fsp3) is 0.588. The first-order chi connectivity index (χ1) is 10.8. The van der Waals surface area contributed by atoms with Gasteiger partial charge in [0.25, 0.3) is 0 Å². The molecule has 0 radical (unpaired) electrons. The molecule has 0 atom stereocenters. The van der Waals surface area contributed by atoms with Crippen LogP contribution in [0.4, 0.5) is 16.2 Å². The maximum Gasteiger partial charge on any atom is 0.319 e. The molecule has 5 heteroatoms. The molecular weight excluding hydrogens is 278 g/mol. The highest BCUT2D eigenvalue weighted by Crippen LogP contribution is 2.21. The van der Waals surface area contributed by atoms with Crippen LogP contribution in [0.2, 0.25) is 0 Å². The number of carbonyl (C=O) groups excluding carboxylic acids is 1. The second kappa shape index (κ2) is 7.49. The summed E-state index contributed by atoms with van der Waals surface area (Å²) in [4.78, 5) is 14.4. The summed E-state index contributed by atoms with van der Waals surface area (Å²) in [6.07, 6.45) is 5.93. The van der Waals surface area contributed by atoms with Crippen molar-refractivity contribution in [3.05, 3.63) is 24.3 Å². The Bertz CT molecular complexity index is 494. The van der Waals surface area contributed by atoms with Crippen LogP contribution < -0.4 is 15.5 Å². The molecule has 1 aliphatic heterocycles. The molecule has 0 bridgehead atoms. The zero-order valence-electron chi connectivity index (χ0n) is 13.0. The van der Waals surface area contributed by atoms with E-state index in [1.54, 1.807) is 0 Å². The Morgan fingerprint density at radius 1 is 1.14 bits per heavy atom. The van der Waals surface area contributed by atoms with Crippen LogP contribution >= 0.6 is 0 Å². The van der Waals surface area contributed by atoms with E-state index in [0.29, 0.717) is 6.04 Å². The molecule has 22 heavy (non-hydrogen) atoms. The maximum atomic E-state index is 12.1. The average Bonchev–Trinajstić information content (AvgIpc) is 2.57. The maximum absolute atomic E-state index is 12.1. The van der Waals surface area contributed by atoms with Crippen LogP contribution in [-0.2, 0) is 4.74 Å². The smallest absolute Gasteiger partial charge is 0.319 e. The fourth-order valence-corrected chi connectivity index (χ4v) is 3.20. The van der Waals surface area contributed by atoms with E-state index in [-0.39, 0.29) is 6.03 Å². The molecule has 2 N–H and O–H groups in total. The first-order valence-corrected chi connectivity index (χ1v) is 8.31. The van der Waals surface area contributed by atoms with Crippen LogP contribution in [0, 0.1) is 0 Å². The molecule has 2 aliphatic rings. The number of urea groups is 1. The lowest BCUT2D eigenvalue weighted by atomic mass is 9.96. The van der Waals surface area contributed by atoms with E-state index in [1.165, 1.54) is 19.3 Å². The number of benzene rings is 1. The van der Waals surface area contributed by atoms with Crippen LogP contribution in [0.3, 0.4) is 0 Å². The summed E-state index contributed by atoms with van der Waals surface area (Å²) in [5, 5.41) is 6.04. The number of hydrogen-bond donors (Lipinski definition) is 2. The van der Waals surface area contributed by atoms with E-state index in [1.807, 2.05) is 18.2 Å². The number of nitrogens with zero attached hydrogens (tertiary/aromatic N) is 1. The Morgan fingerprint density at radius 2 is 1.91 bits per heavy atom. The van der Waals surface area contributed by atoms with Crippen LogP contribution in [0.1, 0.15) is 32.1 Å². The topological polar surface area (TPSA) is 53.6 Å². The number of anilines is 2. The van der Waals surface area contributed by atoms with Crippen molar-refractivity contribution in [2.75, 3.05) is 36.5 Å². The minimum Gasteiger partial charge on any atom is -0.378 e. The normalized spacial score (nSPS) is 19.7. The molecule has 120 valence electrons. The van der Waals surface area contributed by atoms with Gasteiger partial charge in [-0.2, -0.15) is 0 Å². The van der Waals surface area contributed by atoms with Gasteiger partial charge in [0.2, 0.25) is 0 Å². The molecule has 5 nitrogen and oxygen atoms in total. The highest BCUT2D eigenvalue weighted by Gasteiger charge is 2.16. The van der Waals surface area contributed by atoms with Gasteiger partial charge in [-0.15, -0.1) is 0 Å². The molecule has 1 saturated carbocycles. The van der Waals surface area contributed by atoms with E-state index in [9.17, 15) is 4.79 Å². The third-order valence-electron chi connectivity index (χ3n) is 4.42. The van der Waals surface area contributed by atoms with Crippen molar-refractivity contribution in [2.24, 2.45) is 0 Å². The number of ether oxygens (including phenoxy) is 1. The molecule has 2 fully saturated rings. The summed E-state index contributed by atoms with van der Waals surface area (Å²) in [5.41, 5.74) is 1.98. The summed E-state index contributed by atoms with van der Waals surface area (Å²) >= 11 is 0. The zero-order valence-corrected chi connectivity index (χ0v) is 13.0. The Hall–Kier alpha value is -1.75. The highest BCUT2D eigenvalue weighted by atomic mass is 16.5. The van der Waals surface area contributed by atoms with Crippen LogP contribution in [0.15, 0.2) is 24.3 Å². The van der Waals surface area contributed by atoms with Crippen molar-refractivity contribution in [1.82, 2.24) is 5.32 Å². The molecule has 1 heterocycles. The quantitative estimate of drug-likeness (QED) is 0.902. The van der Waals surface area contributed by atoms with Crippen LogP contribution in [0.5, 0.6) is 0 Å². The standard InChI is InChI=1S/C17H25N3O2/c21-17(18-14-5-2-1-3-6-14)19-15-7-4-8-16(13-15)20-9-11-22-12-10-20/h4,7-8,13-14H,1-3,5-6,9-12H2,(H2,18,19,21). The molecular formula is C17H25N3O2. The SMILES string of the molecule is O=C(Nc1cccc(N2CCOCC2)c1)NC1CCCCC1. The Balaban J connectivity index is 1.56. The van der Waals surface area contributed by atoms with E-state index in [4.69, 9.17) is 4.74 Å². The monoisotopic (exact) mass is 303 g/mol. The van der Waals surface area contributed by atoms with Gasteiger partial charge in [-0.05, 0) is 31.0 Å². The second-order valence-corrected chi connectivity index (χ2v) is 6.08. The number of hydrogen-bond acceptors (Lipinski definition) is 3. The fourth-order valence-electron chi connectivity index (χ4n) is 3.20. The lowest BCUT2D eigenvalue weighted by Gasteiger charge is -2.29. The van der Waals surface area contributed by atoms with Gasteiger partial charge in [-0.3, -0.25) is 0 Å². The molecule has 2 amide bonds. The molecule has 1 aromatic carbocycles. The molecule has 0 unspecified atom stereocenters. The molecule has 0 aromatic heterocycles. The summed E-state index contributed by atoms with van der Waals surface area (Å²) in [6, 6.07) is 8.27. The van der Waals surface area contributed by atoms with Gasteiger partial charge in [0.1, 0.15) is 0 Å². The minimum atomic E-state index is -0.0916. The summed E-state index contributed by atoms with van der Waals surface area (Å²) in [7, 11) is 0. The van der Waals surface area contributed by atoms with Crippen molar-refractivity contribution < 1.29 is 9.53 Å². The summed E-state index contributed by atoms with van der Waals surface area (Å²) in [5.74, 6) is 0. The van der Waals surface area contributed by atoms with Crippen molar-refractivity contribution >= 4 is 17.4 Å². The van der Waals surface area contributed by atoms with Gasteiger partial charge in [-0.1, -0.05) is 25.3 Å². The predicted octanol–water partition coefficient (Wildman–Crippen LogP) is 2.98. The Labute approximate surface area is 132 Å². The number of morpholine rings is 1. The number of carbonyl (C=O) groups is 1. The predicted molar refractivity (Wildman–Crippen MR) is 88.5 cm³/mol. The van der Waals surface area contributed by atoms with Crippen LogP contribution in [-0.4, -0.2) is 38.4 Å². The van der Waals surface area contributed by atoms with E-state index < -0.39 is 0 Å². The highest BCUT2D eigenvalue weighted by molar-refractivity contribution is 5.90. The van der Waals surface area contributed by atoms with Crippen LogP contribution in [0.25, 0.3) is 0 Å². The molecule has 1 aromatic rings. The van der Waals surface area contributed by atoms with Gasteiger partial charge < -0.3 is 20.3 Å². The largest absolute Gasteiger partial charge is 0.378 e. The number of rotatable bonds is 3. The molecule has 0 spiro atoms. The third-order valence-corrected chi connectivity index (χ3v) is 4.42. The summed E-state index contributed by atoms with van der Waals surface area (Å²) < 4.78 is 5.38. The lowest BCUT2D eigenvalue weighted by molar-refractivity contribution is 0.122. The number of nitrogens with one attached hydrogen (secondary N) is 2. The summed E-state index contributed by atoms with van der Waals surface area (Å²) in [6.45, 7) is 3.33. The molecule has 1 saturated heterocycles. The van der Waals surface area contributed by atoms with Crippen molar-refractivity contribution in [3.63, 3.8) is 0 Å². The zero-order chi connectivity index (χ0) is 15.2. The van der Waals surface area contributed by atoms with E-state index in [2.05, 4.69) is 21.6 Å². The Morgan fingerprint density at radius 3 is 2.68 bits per heavy atom. The van der Waals surface area contributed by atoms with E-state index in [0.717, 1.165) is 50.5 Å². The van der Waals surface area contributed by atoms with Crippen molar-refractivity contribution in [2.45, 2.75) is 38.1 Å². The second-order valence-electron chi connectivity index (χ2n) is 6.08. The van der Waals surface area contributed by atoms with E-state index >= 15 is 0 Å². The third kappa shape index (κ3) is 4.13. The Kier molecular flexibility index (Phi) is 5.16. The van der Waals surface area contributed by atoms with Crippen molar-refractivity contribution in [1.29, 1.82) is 0 Å². The molecule has 3 rings (SSSR count). The van der Waals surface area contributed by atoms with Gasteiger partial charge in [-0.25, -0.2) is 4.79 Å². The van der Waals surface area contributed by atoms with Gasteiger partial charge in [0, 0.05) is 30.5 Å². The van der Waals surface area contributed by atoms with Gasteiger partial charge in [0.15, 0.2) is 0 Å².